The fourth-order valence-electron chi connectivity index (χ4n) is 5.50. The van der Waals surface area contributed by atoms with Crippen molar-refractivity contribution in [2.45, 2.75) is 18.6 Å². The molecule has 3 heterocycles. The summed E-state index contributed by atoms with van der Waals surface area (Å²) in [5.41, 5.74) is 1.80. The zero-order valence-corrected chi connectivity index (χ0v) is 20.6. The van der Waals surface area contributed by atoms with Crippen LogP contribution < -0.4 is 20.1 Å². The maximum absolute atomic E-state index is 6.25. The van der Waals surface area contributed by atoms with Crippen LogP contribution in [0.25, 0.3) is 10.9 Å². The number of aromatic nitrogens is 2. The quantitative estimate of drug-likeness (QED) is 0.472. The van der Waals surface area contributed by atoms with Crippen molar-refractivity contribution >= 4 is 38.3 Å². The van der Waals surface area contributed by atoms with Crippen LogP contribution >= 0.6 is 15.9 Å². The minimum Gasteiger partial charge on any atom is -0.493 e. The molecule has 34 heavy (non-hydrogen) atoms. The van der Waals surface area contributed by atoms with Crippen LogP contribution in [-0.4, -0.2) is 55.8 Å². The molecular weight excluding hydrogens is 500 g/mol. The van der Waals surface area contributed by atoms with E-state index in [1.54, 1.807) is 13.4 Å². The van der Waals surface area contributed by atoms with Crippen molar-refractivity contribution in [1.29, 1.82) is 0 Å². The first kappa shape index (κ1) is 22.0. The molecule has 178 valence electrons. The molecule has 2 spiro atoms. The molecule has 8 nitrogen and oxygen atoms in total. The second kappa shape index (κ2) is 8.64. The highest BCUT2D eigenvalue weighted by Gasteiger charge is 2.71. The van der Waals surface area contributed by atoms with Crippen molar-refractivity contribution in [3.8, 4) is 11.5 Å². The molecule has 9 heteroatoms. The van der Waals surface area contributed by atoms with Crippen LogP contribution in [0.2, 0.25) is 0 Å². The van der Waals surface area contributed by atoms with Gasteiger partial charge in [-0.15, -0.1) is 0 Å². The Hall–Kier alpha value is -2.46. The molecule has 1 saturated carbocycles. The Kier molecular flexibility index (Phi) is 5.60. The summed E-state index contributed by atoms with van der Waals surface area (Å²) in [5, 5.41) is 7.73. The lowest BCUT2D eigenvalue weighted by Gasteiger charge is -2.29. The highest BCUT2D eigenvalue weighted by molar-refractivity contribution is 9.10. The Balaban J connectivity index is 1.19. The summed E-state index contributed by atoms with van der Waals surface area (Å²) in [6, 6.07) is 11.8. The Labute approximate surface area is 206 Å². The van der Waals surface area contributed by atoms with Gasteiger partial charge in [0.2, 0.25) is 0 Å². The summed E-state index contributed by atoms with van der Waals surface area (Å²) in [4.78, 5) is 8.89. The van der Waals surface area contributed by atoms with E-state index in [1.807, 2.05) is 36.4 Å². The smallest absolute Gasteiger partial charge is 0.188 e. The van der Waals surface area contributed by atoms with E-state index in [-0.39, 0.29) is 5.41 Å². The first-order valence-electron chi connectivity index (χ1n) is 11.6. The van der Waals surface area contributed by atoms with Crippen molar-refractivity contribution in [1.82, 2.24) is 15.3 Å². The third kappa shape index (κ3) is 3.71. The van der Waals surface area contributed by atoms with Crippen LogP contribution in [0.3, 0.4) is 0 Å². The summed E-state index contributed by atoms with van der Waals surface area (Å²) < 4.78 is 25.0. The third-order valence-corrected chi connectivity index (χ3v) is 7.77. The van der Waals surface area contributed by atoms with E-state index >= 15 is 0 Å². The van der Waals surface area contributed by atoms with Crippen LogP contribution in [0.1, 0.15) is 12.8 Å². The number of anilines is 2. The average molecular weight is 527 g/mol. The van der Waals surface area contributed by atoms with Crippen LogP contribution in [-0.2, 0) is 9.47 Å². The van der Waals surface area contributed by atoms with E-state index in [2.05, 4.69) is 36.5 Å². The summed E-state index contributed by atoms with van der Waals surface area (Å²) >= 11 is 3.51. The van der Waals surface area contributed by atoms with E-state index < -0.39 is 5.79 Å². The zero-order chi connectivity index (χ0) is 23.2. The Morgan fingerprint density at radius 2 is 2.03 bits per heavy atom. The predicted molar refractivity (Wildman–Crippen MR) is 132 cm³/mol. The molecule has 3 aromatic rings. The lowest BCUT2D eigenvalue weighted by Crippen LogP contribution is -2.41. The number of hydrogen-bond donors (Lipinski definition) is 2. The number of halogens is 1. The summed E-state index contributed by atoms with van der Waals surface area (Å²) in [7, 11) is 1.65. The Bertz CT molecular complexity index is 1210. The molecule has 2 aliphatic heterocycles. The topological polar surface area (TPSA) is 86.8 Å². The minimum absolute atomic E-state index is 0.0786. The van der Waals surface area contributed by atoms with Gasteiger partial charge in [-0.3, -0.25) is 0 Å². The number of methoxy groups -OCH3 is 1. The normalized spacial score (nSPS) is 24.7. The molecule has 2 N–H and O–H groups in total. The SMILES string of the molecule is COc1cc2ncnc(Nc3cccc(Br)c3)c2cc1OCCC1CC12CNCC21OCCO1. The van der Waals surface area contributed by atoms with Crippen LogP contribution in [0.15, 0.2) is 47.2 Å². The van der Waals surface area contributed by atoms with Gasteiger partial charge in [-0.2, -0.15) is 0 Å². The predicted octanol–water partition coefficient (Wildman–Crippen LogP) is 4.27. The van der Waals surface area contributed by atoms with Crippen LogP contribution in [0, 0.1) is 11.3 Å². The fraction of sp³-hybridized carbons (Fsp3) is 0.440. The van der Waals surface area contributed by atoms with Crippen molar-refractivity contribution in [3.63, 3.8) is 0 Å². The first-order chi connectivity index (χ1) is 16.6. The number of nitrogens with zero attached hydrogens (tertiary/aromatic N) is 2. The first-order valence-corrected chi connectivity index (χ1v) is 12.4. The molecule has 2 unspecified atom stereocenters. The van der Waals surface area contributed by atoms with Gasteiger partial charge in [-0.25, -0.2) is 9.97 Å². The van der Waals surface area contributed by atoms with Crippen molar-refractivity contribution in [3.05, 3.63) is 47.2 Å². The van der Waals surface area contributed by atoms with Gasteiger partial charge in [0.05, 0.1) is 39.0 Å². The van der Waals surface area contributed by atoms with Gasteiger partial charge < -0.3 is 29.6 Å². The second-order valence-corrected chi connectivity index (χ2v) is 10.0. The van der Waals surface area contributed by atoms with E-state index in [4.69, 9.17) is 18.9 Å². The largest absolute Gasteiger partial charge is 0.493 e. The van der Waals surface area contributed by atoms with E-state index in [1.165, 1.54) is 0 Å². The minimum atomic E-state index is -0.442. The van der Waals surface area contributed by atoms with Crippen LogP contribution in [0.4, 0.5) is 11.5 Å². The Morgan fingerprint density at radius 3 is 2.85 bits per heavy atom. The van der Waals surface area contributed by atoms with Crippen LogP contribution in [0.5, 0.6) is 11.5 Å². The van der Waals surface area contributed by atoms with Crippen molar-refractivity contribution in [2.75, 3.05) is 45.3 Å². The summed E-state index contributed by atoms with van der Waals surface area (Å²) in [6.07, 6.45) is 3.59. The molecule has 0 radical (unpaired) electrons. The highest BCUT2D eigenvalue weighted by atomic mass is 79.9. The standard InChI is InChI=1S/C25H27BrN4O4/c1-31-21-11-20-19(23(29-15-28-20)30-18-4-2-3-17(26)9-18)10-22(21)32-6-5-16-12-24(16)13-27-14-25(24)33-7-8-34-25/h2-4,9-11,15-16,27H,5-8,12-14H2,1H3,(H,28,29,30). The summed E-state index contributed by atoms with van der Waals surface area (Å²) in [6.45, 7) is 3.67. The number of rotatable bonds is 7. The number of ether oxygens (including phenoxy) is 4. The van der Waals surface area contributed by atoms with Gasteiger partial charge in [-0.1, -0.05) is 22.0 Å². The van der Waals surface area contributed by atoms with Gasteiger partial charge in [0.15, 0.2) is 17.3 Å². The van der Waals surface area contributed by atoms with Gasteiger partial charge in [0, 0.05) is 33.6 Å². The van der Waals surface area contributed by atoms with Gasteiger partial charge in [-0.05, 0) is 43.0 Å². The van der Waals surface area contributed by atoms with E-state index in [0.717, 1.165) is 47.0 Å². The molecule has 0 bridgehead atoms. The van der Waals surface area contributed by atoms with Gasteiger partial charge in [0.25, 0.3) is 0 Å². The van der Waals surface area contributed by atoms with Gasteiger partial charge >= 0.3 is 0 Å². The molecule has 6 rings (SSSR count). The fourth-order valence-corrected chi connectivity index (χ4v) is 5.90. The second-order valence-electron chi connectivity index (χ2n) is 9.13. The van der Waals surface area contributed by atoms with E-state index in [0.29, 0.717) is 43.1 Å². The zero-order valence-electron chi connectivity index (χ0n) is 19.0. The molecule has 3 fully saturated rings. The monoisotopic (exact) mass is 526 g/mol. The summed E-state index contributed by atoms with van der Waals surface area (Å²) in [5.74, 6) is 2.13. The molecule has 3 aliphatic rings. The highest BCUT2D eigenvalue weighted by Crippen LogP contribution is 2.65. The molecule has 2 saturated heterocycles. The molecular formula is C25H27BrN4O4. The average Bonchev–Trinajstić information content (AvgIpc) is 3.16. The number of nitrogens with one attached hydrogen (secondary N) is 2. The number of fused-ring (bicyclic) bond motifs is 2. The van der Waals surface area contributed by atoms with Crippen molar-refractivity contribution in [2.24, 2.45) is 11.3 Å². The maximum Gasteiger partial charge on any atom is 0.188 e. The lowest BCUT2D eigenvalue weighted by molar-refractivity contribution is -0.183. The number of benzene rings is 2. The molecule has 2 atom stereocenters. The number of hydrogen-bond acceptors (Lipinski definition) is 8. The maximum atomic E-state index is 6.25. The molecule has 2 aromatic carbocycles. The molecule has 1 aliphatic carbocycles. The molecule has 0 amide bonds. The van der Waals surface area contributed by atoms with E-state index in [9.17, 15) is 0 Å². The van der Waals surface area contributed by atoms with Crippen molar-refractivity contribution < 1.29 is 18.9 Å². The Morgan fingerprint density at radius 1 is 1.15 bits per heavy atom. The third-order valence-electron chi connectivity index (χ3n) is 7.27. The molecule has 1 aromatic heterocycles. The lowest BCUT2D eigenvalue weighted by atomic mass is 9.95. The van der Waals surface area contributed by atoms with Gasteiger partial charge in [0.1, 0.15) is 12.1 Å².